The van der Waals surface area contributed by atoms with E-state index in [0.29, 0.717) is 36.6 Å². The van der Waals surface area contributed by atoms with E-state index in [4.69, 9.17) is 11.6 Å². The Hall–Kier alpha value is -2.18. The van der Waals surface area contributed by atoms with Crippen molar-refractivity contribution in [3.8, 4) is 0 Å². The van der Waals surface area contributed by atoms with E-state index in [9.17, 15) is 4.79 Å². The highest BCUT2D eigenvalue weighted by Crippen LogP contribution is 2.38. The fourth-order valence-electron chi connectivity index (χ4n) is 4.94. The highest BCUT2D eigenvalue weighted by Gasteiger charge is 2.35. The first-order valence-electron chi connectivity index (χ1n) is 11.7. The molecule has 7 heteroatoms. The number of amides is 1. The SMILES string of the molecule is CC(C)NC[C@@H](C(=O)N1CCN(c2ncnc3c2[C@H](C)CC3)[C@H](C)C1)c1ccc(Cl)cc1. The number of carbonyl (C=O) groups is 1. The lowest BCUT2D eigenvalue weighted by Crippen LogP contribution is -2.55. The van der Waals surface area contributed by atoms with Crippen LogP contribution in [0.2, 0.25) is 5.02 Å². The van der Waals surface area contributed by atoms with Crippen molar-refractivity contribution in [3.05, 3.63) is 52.4 Å². The van der Waals surface area contributed by atoms with E-state index in [1.807, 2.05) is 29.2 Å². The van der Waals surface area contributed by atoms with Gasteiger partial charge in [0.25, 0.3) is 0 Å². The molecule has 0 radical (unpaired) electrons. The van der Waals surface area contributed by atoms with Gasteiger partial charge in [-0.2, -0.15) is 0 Å². The number of hydrogen-bond acceptors (Lipinski definition) is 5. The standard InChI is InChI=1S/C25H34ClN5O/c1-16(2)27-13-21(19-6-8-20(26)9-7-19)25(32)30-11-12-31(18(4)14-30)24-23-17(3)5-10-22(23)28-15-29-24/h6-9,15-18,21,27H,5,10-14H2,1-4H3/t17-,18-,21-/m1/s1. The Bertz CT molecular complexity index is 948. The van der Waals surface area contributed by atoms with Gasteiger partial charge in [0, 0.05) is 54.5 Å². The molecule has 6 nitrogen and oxygen atoms in total. The minimum atomic E-state index is -0.225. The molecule has 0 bridgehead atoms. The number of carbonyl (C=O) groups excluding carboxylic acids is 1. The van der Waals surface area contributed by atoms with Gasteiger partial charge in [0.05, 0.1) is 5.92 Å². The molecular weight excluding hydrogens is 422 g/mol. The number of aryl methyl sites for hydroxylation is 1. The molecule has 4 rings (SSSR count). The molecule has 1 amide bonds. The zero-order valence-corrected chi connectivity index (χ0v) is 20.3. The summed E-state index contributed by atoms with van der Waals surface area (Å²) in [6.45, 7) is 11.5. The number of hydrogen-bond donors (Lipinski definition) is 1. The first-order chi connectivity index (χ1) is 15.3. The van der Waals surface area contributed by atoms with Crippen molar-refractivity contribution in [2.45, 2.75) is 64.5 Å². The van der Waals surface area contributed by atoms with Crippen LogP contribution in [0.5, 0.6) is 0 Å². The molecule has 3 atom stereocenters. The predicted octanol–water partition coefficient (Wildman–Crippen LogP) is 4.00. The van der Waals surface area contributed by atoms with Crippen LogP contribution in [0, 0.1) is 0 Å². The zero-order valence-electron chi connectivity index (χ0n) is 19.5. The highest BCUT2D eigenvalue weighted by molar-refractivity contribution is 6.30. The molecule has 2 aromatic rings. The average Bonchev–Trinajstić information content (AvgIpc) is 3.16. The summed E-state index contributed by atoms with van der Waals surface area (Å²) in [5.74, 6) is 1.50. The van der Waals surface area contributed by atoms with Crippen LogP contribution in [-0.4, -0.2) is 59.0 Å². The second-order valence-electron chi connectivity index (χ2n) is 9.49. The first-order valence-corrected chi connectivity index (χ1v) is 12.1. The van der Waals surface area contributed by atoms with E-state index in [-0.39, 0.29) is 17.9 Å². The lowest BCUT2D eigenvalue weighted by molar-refractivity contribution is -0.133. The van der Waals surface area contributed by atoms with Crippen molar-refractivity contribution in [2.24, 2.45) is 0 Å². The molecule has 32 heavy (non-hydrogen) atoms. The maximum atomic E-state index is 13.6. The fraction of sp³-hybridized carbons (Fsp3) is 0.560. The topological polar surface area (TPSA) is 61.4 Å². The Balaban J connectivity index is 1.51. The molecule has 0 spiro atoms. The molecule has 1 aromatic heterocycles. The van der Waals surface area contributed by atoms with Crippen LogP contribution in [0.3, 0.4) is 0 Å². The van der Waals surface area contributed by atoms with E-state index in [1.165, 1.54) is 11.3 Å². The van der Waals surface area contributed by atoms with Gasteiger partial charge < -0.3 is 15.1 Å². The quantitative estimate of drug-likeness (QED) is 0.713. The Labute approximate surface area is 196 Å². The molecule has 1 N–H and O–H groups in total. The zero-order chi connectivity index (χ0) is 22.8. The van der Waals surface area contributed by atoms with E-state index in [1.54, 1.807) is 6.33 Å². The number of aromatic nitrogens is 2. The summed E-state index contributed by atoms with van der Waals surface area (Å²) in [5, 5.41) is 4.14. The average molecular weight is 456 g/mol. The number of fused-ring (bicyclic) bond motifs is 1. The second-order valence-corrected chi connectivity index (χ2v) is 9.93. The smallest absolute Gasteiger partial charge is 0.231 e. The van der Waals surface area contributed by atoms with Gasteiger partial charge >= 0.3 is 0 Å². The van der Waals surface area contributed by atoms with Crippen LogP contribution in [0.1, 0.15) is 62.8 Å². The second kappa shape index (κ2) is 9.75. The molecule has 2 aliphatic rings. The summed E-state index contributed by atoms with van der Waals surface area (Å²) in [5.41, 5.74) is 3.50. The van der Waals surface area contributed by atoms with Crippen molar-refractivity contribution < 1.29 is 4.79 Å². The number of nitrogens with one attached hydrogen (secondary N) is 1. The van der Waals surface area contributed by atoms with Crippen molar-refractivity contribution in [1.29, 1.82) is 0 Å². The van der Waals surface area contributed by atoms with Gasteiger partial charge in [0.15, 0.2) is 0 Å². The van der Waals surface area contributed by atoms with Crippen molar-refractivity contribution in [1.82, 2.24) is 20.2 Å². The largest absolute Gasteiger partial charge is 0.350 e. The van der Waals surface area contributed by atoms with Crippen LogP contribution in [0.25, 0.3) is 0 Å². The third-order valence-electron chi connectivity index (χ3n) is 6.76. The summed E-state index contributed by atoms with van der Waals surface area (Å²) in [6, 6.07) is 8.18. The molecule has 1 aliphatic heterocycles. The van der Waals surface area contributed by atoms with Gasteiger partial charge in [0.1, 0.15) is 12.1 Å². The number of benzene rings is 1. The Morgan fingerprint density at radius 3 is 2.62 bits per heavy atom. The lowest BCUT2D eigenvalue weighted by Gasteiger charge is -2.42. The predicted molar refractivity (Wildman–Crippen MR) is 129 cm³/mol. The molecule has 0 unspecified atom stereocenters. The van der Waals surface area contributed by atoms with Gasteiger partial charge in [-0.15, -0.1) is 0 Å². The summed E-state index contributed by atoms with van der Waals surface area (Å²) < 4.78 is 0. The molecule has 2 heterocycles. The van der Waals surface area contributed by atoms with Crippen molar-refractivity contribution in [3.63, 3.8) is 0 Å². The summed E-state index contributed by atoms with van der Waals surface area (Å²) in [7, 11) is 0. The third kappa shape index (κ3) is 4.76. The number of anilines is 1. The normalized spacial score (nSPS) is 21.7. The fourth-order valence-corrected chi connectivity index (χ4v) is 5.07. The highest BCUT2D eigenvalue weighted by atomic mass is 35.5. The van der Waals surface area contributed by atoms with Gasteiger partial charge in [-0.3, -0.25) is 4.79 Å². The van der Waals surface area contributed by atoms with Crippen LogP contribution < -0.4 is 10.2 Å². The van der Waals surface area contributed by atoms with Crippen LogP contribution >= 0.6 is 11.6 Å². The molecular formula is C25H34ClN5O. The summed E-state index contributed by atoms with van der Waals surface area (Å²) >= 11 is 6.09. The molecule has 1 saturated heterocycles. The van der Waals surface area contributed by atoms with Crippen LogP contribution in [-0.2, 0) is 11.2 Å². The van der Waals surface area contributed by atoms with Crippen molar-refractivity contribution >= 4 is 23.3 Å². The molecule has 1 aliphatic carbocycles. The Kier molecular flexibility index (Phi) is 7.01. The van der Waals surface area contributed by atoms with Gasteiger partial charge in [-0.05, 0) is 43.4 Å². The number of piperazine rings is 1. The van der Waals surface area contributed by atoms with E-state index in [0.717, 1.165) is 30.8 Å². The third-order valence-corrected chi connectivity index (χ3v) is 7.02. The maximum Gasteiger partial charge on any atom is 0.231 e. The summed E-state index contributed by atoms with van der Waals surface area (Å²) in [4.78, 5) is 27.2. The number of halogens is 1. The molecule has 172 valence electrons. The van der Waals surface area contributed by atoms with Crippen LogP contribution in [0.4, 0.5) is 5.82 Å². The van der Waals surface area contributed by atoms with E-state index in [2.05, 4.69) is 47.9 Å². The minimum absolute atomic E-state index is 0.174. The monoisotopic (exact) mass is 455 g/mol. The molecule has 1 fully saturated rings. The Morgan fingerprint density at radius 1 is 1.19 bits per heavy atom. The summed E-state index contributed by atoms with van der Waals surface area (Å²) in [6.07, 6.45) is 3.87. The van der Waals surface area contributed by atoms with Crippen LogP contribution in [0.15, 0.2) is 30.6 Å². The van der Waals surface area contributed by atoms with E-state index >= 15 is 0 Å². The minimum Gasteiger partial charge on any atom is -0.350 e. The van der Waals surface area contributed by atoms with E-state index < -0.39 is 0 Å². The number of rotatable bonds is 6. The molecule has 1 aromatic carbocycles. The lowest BCUT2D eigenvalue weighted by atomic mass is 9.96. The van der Waals surface area contributed by atoms with Gasteiger partial charge in [0.2, 0.25) is 5.91 Å². The van der Waals surface area contributed by atoms with Crippen molar-refractivity contribution in [2.75, 3.05) is 31.1 Å². The molecule has 0 saturated carbocycles. The maximum absolute atomic E-state index is 13.6. The Morgan fingerprint density at radius 2 is 1.94 bits per heavy atom. The number of nitrogens with zero attached hydrogens (tertiary/aromatic N) is 4. The van der Waals surface area contributed by atoms with Gasteiger partial charge in [-0.25, -0.2) is 9.97 Å². The van der Waals surface area contributed by atoms with Gasteiger partial charge in [-0.1, -0.05) is 44.5 Å². The first kappa shape index (κ1) is 23.0.